The Balaban J connectivity index is 1.50. The Kier molecular flexibility index (Phi) is 6.50. The van der Waals surface area contributed by atoms with E-state index in [1.54, 1.807) is 12.5 Å². The summed E-state index contributed by atoms with van der Waals surface area (Å²) in [5, 5.41) is 0. The van der Waals surface area contributed by atoms with Gasteiger partial charge < -0.3 is 4.74 Å². The van der Waals surface area contributed by atoms with Crippen LogP contribution >= 0.6 is 0 Å². The molecule has 0 aliphatic heterocycles. The molecule has 0 heterocycles. The zero-order valence-electron chi connectivity index (χ0n) is 21.0. The molecular formula is C29H46O2. The van der Waals surface area contributed by atoms with Crippen molar-refractivity contribution in [1.29, 1.82) is 0 Å². The lowest BCUT2D eigenvalue weighted by atomic mass is 9.47. The second kappa shape index (κ2) is 8.71. The van der Waals surface area contributed by atoms with E-state index < -0.39 is 0 Å². The van der Waals surface area contributed by atoms with Gasteiger partial charge in [-0.05, 0) is 97.7 Å². The Hall–Kier alpha value is -1.05. The fraction of sp³-hybridized carbons (Fsp3) is 0.828. The van der Waals surface area contributed by atoms with Gasteiger partial charge in [0.2, 0.25) is 0 Å². The highest BCUT2D eigenvalue weighted by Crippen LogP contribution is 2.67. The third-order valence-corrected chi connectivity index (χ3v) is 10.1. The van der Waals surface area contributed by atoms with E-state index in [1.165, 1.54) is 44.9 Å². The highest BCUT2D eigenvalue weighted by molar-refractivity contribution is 5.66. The van der Waals surface area contributed by atoms with Crippen LogP contribution in [-0.2, 0) is 9.53 Å². The number of rotatable bonds is 5. The summed E-state index contributed by atoms with van der Waals surface area (Å²) in [6.45, 7) is 13.9. The van der Waals surface area contributed by atoms with Gasteiger partial charge in [0.05, 0.1) is 0 Å². The molecule has 8 atom stereocenters. The summed E-state index contributed by atoms with van der Waals surface area (Å²) in [6.07, 6.45) is 19.0. The van der Waals surface area contributed by atoms with E-state index in [1.807, 2.05) is 0 Å². The average molecular weight is 427 g/mol. The van der Waals surface area contributed by atoms with Gasteiger partial charge in [-0.25, -0.2) is 0 Å². The van der Waals surface area contributed by atoms with Gasteiger partial charge in [0.25, 0.3) is 0 Å². The van der Waals surface area contributed by atoms with Gasteiger partial charge in [-0.1, -0.05) is 58.4 Å². The van der Waals surface area contributed by atoms with Gasteiger partial charge in [0.15, 0.2) is 0 Å². The van der Waals surface area contributed by atoms with Crippen LogP contribution in [-0.4, -0.2) is 12.1 Å². The van der Waals surface area contributed by atoms with Crippen molar-refractivity contribution >= 4 is 5.97 Å². The molecule has 0 amide bonds. The van der Waals surface area contributed by atoms with Crippen LogP contribution in [0.25, 0.3) is 0 Å². The van der Waals surface area contributed by atoms with E-state index in [9.17, 15) is 4.79 Å². The number of hydrogen-bond donors (Lipinski definition) is 0. The van der Waals surface area contributed by atoms with Gasteiger partial charge in [0.1, 0.15) is 6.10 Å². The van der Waals surface area contributed by atoms with Gasteiger partial charge in [-0.3, -0.25) is 4.79 Å². The predicted molar refractivity (Wildman–Crippen MR) is 129 cm³/mol. The van der Waals surface area contributed by atoms with Gasteiger partial charge in [0, 0.05) is 13.3 Å². The number of fused-ring (bicyclic) bond motifs is 5. The van der Waals surface area contributed by atoms with Crippen LogP contribution in [0.5, 0.6) is 0 Å². The molecule has 4 aliphatic rings. The van der Waals surface area contributed by atoms with Gasteiger partial charge >= 0.3 is 5.97 Å². The molecule has 0 N–H and O–H groups in total. The number of allylic oxidation sites excluding steroid dienone is 3. The van der Waals surface area contributed by atoms with Gasteiger partial charge in [-0.15, -0.1) is 0 Å². The normalized spacial score (nSPS) is 43.2. The maximum atomic E-state index is 11.5. The van der Waals surface area contributed by atoms with E-state index in [4.69, 9.17) is 4.74 Å². The van der Waals surface area contributed by atoms with Crippen molar-refractivity contribution in [1.82, 2.24) is 0 Å². The topological polar surface area (TPSA) is 26.3 Å². The van der Waals surface area contributed by atoms with E-state index >= 15 is 0 Å². The van der Waals surface area contributed by atoms with Crippen molar-refractivity contribution in [2.45, 2.75) is 105 Å². The van der Waals surface area contributed by atoms with Gasteiger partial charge in [-0.2, -0.15) is 0 Å². The number of esters is 1. The molecule has 0 aromatic heterocycles. The second-order valence-electron chi connectivity index (χ2n) is 12.4. The van der Waals surface area contributed by atoms with E-state index in [0.29, 0.717) is 16.7 Å². The van der Waals surface area contributed by atoms with Crippen molar-refractivity contribution in [3.05, 3.63) is 23.8 Å². The summed E-state index contributed by atoms with van der Waals surface area (Å²) in [6, 6.07) is 0. The van der Waals surface area contributed by atoms with Crippen LogP contribution in [0.1, 0.15) is 99.3 Å². The molecule has 4 rings (SSSR count). The van der Waals surface area contributed by atoms with Crippen molar-refractivity contribution in [3.8, 4) is 0 Å². The predicted octanol–water partition coefficient (Wildman–Crippen LogP) is 7.74. The monoisotopic (exact) mass is 426 g/mol. The second-order valence-corrected chi connectivity index (χ2v) is 12.4. The lowest BCUT2D eigenvalue weighted by Crippen LogP contribution is -2.51. The Morgan fingerprint density at radius 3 is 2.61 bits per heavy atom. The largest absolute Gasteiger partial charge is 0.462 e. The Bertz CT molecular complexity index is 733. The summed E-state index contributed by atoms with van der Waals surface area (Å²) in [4.78, 5) is 11.5. The van der Waals surface area contributed by atoms with Crippen molar-refractivity contribution < 1.29 is 9.53 Å². The van der Waals surface area contributed by atoms with Crippen molar-refractivity contribution in [3.63, 3.8) is 0 Å². The fourth-order valence-corrected chi connectivity index (χ4v) is 8.57. The van der Waals surface area contributed by atoms with E-state index in [0.717, 1.165) is 42.4 Å². The smallest absolute Gasteiger partial charge is 0.302 e. The summed E-state index contributed by atoms with van der Waals surface area (Å²) in [7, 11) is 0. The van der Waals surface area contributed by atoms with E-state index in [2.05, 4.69) is 52.8 Å². The molecule has 0 bridgehead atoms. The summed E-state index contributed by atoms with van der Waals surface area (Å²) >= 11 is 0. The SMILES string of the molecule is CC(=O)O[C@H]1CC[C@@]2(C)C(=CC[C@@H]3[C@H]4CC[C@@H]([C@H](C)/C=C/CC(C)C)[C@@]4(C)CC[C@H]32)C1. The highest BCUT2D eigenvalue weighted by Gasteiger charge is 2.59. The van der Waals surface area contributed by atoms with Crippen LogP contribution < -0.4 is 0 Å². The van der Waals surface area contributed by atoms with Crippen LogP contribution in [0.2, 0.25) is 0 Å². The number of hydrogen-bond acceptors (Lipinski definition) is 2. The molecule has 0 aromatic carbocycles. The van der Waals surface area contributed by atoms with Crippen LogP contribution in [0.3, 0.4) is 0 Å². The van der Waals surface area contributed by atoms with Crippen molar-refractivity contribution in [2.75, 3.05) is 0 Å². The van der Waals surface area contributed by atoms with Crippen molar-refractivity contribution in [2.24, 2.45) is 46.3 Å². The minimum Gasteiger partial charge on any atom is -0.462 e. The van der Waals surface area contributed by atoms with Crippen LogP contribution in [0.15, 0.2) is 23.8 Å². The Labute approximate surface area is 191 Å². The number of ether oxygens (including phenoxy) is 1. The third-order valence-electron chi connectivity index (χ3n) is 10.1. The molecule has 3 saturated carbocycles. The first-order valence-corrected chi connectivity index (χ1v) is 13.2. The molecule has 3 fully saturated rings. The molecule has 2 heteroatoms. The first kappa shape index (κ1) is 23.1. The molecule has 0 aromatic rings. The molecule has 0 radical (unpaired) electrons. The molecule has 0 spiro atoms. The van der Waals surface area contributed by atoms with Crippen LogP contribution in [0.4, 0.5) is 0 Å². The summed E-state index contributed by atoms with van der Waals surface area (Å²) in [5.74, 6) is 4.76. The maximum Gasteiger partial charge on any atom is 0.302 e. The molecule has 0 saturated heterocycles. The standard InChI is InChI=1S/C29H46O2/c1-19(2)8-7-9-20(3)25-12-13-26-24-11-10-22-18-23(31-21(4)30)14-16-28(22,5)27(24)15-17-29(25,26)6/h7,9-10,19-20,23-27H,8,11-18H2,1-6H3/b9-7+/t20-,23+,24-,25+,26-,27-,28+,29-/m1/s1. The summed E-state index contributed by atoms with van der Waals surface area (Å²) < 4.78 is 5.61. The quantitative estimate of drug-likeness (QED) is 0.332. The number of carbonyl (C=O) groups excluding carboxylic acids is 1. The lowest BCUT2D eigenvalue weighted by Gasteiger charge is -2.58. The summed E-state index contributed by atoms with van der Waals surface area (Å²) in [5.41, 5.74) is 2.45. The number of carbonyl (C=O) groups is 1. The van der Waals surface area contributed by atoms with Crippen LogP contribution in [0, 0.1) is 46.3 Å². The lowest BCUT2D eigenvalue weighted by molar-refractivity contribution is -0.148. The minimum absolute atomic E-state index is 0.108. The molecular weight excluding hydrogens is 380 g/mol. The molecule has 2 nitrogen and oxygen atoms in total. The maximum absolute atomic E-state index is 11.5. The Morgan fingerprint density at radius 1 is 1.13 bits per heavy atom. The molecule has 174 valence electrons. The highest BCUT2D eigenvalue weighted by atomic mass is 16.5. The molecule has 31 heavy (non-hydrogen) atoms. The molecule has 0 unspecified atom stereocenters. The third kappa shape index (κ3) is 4.18. The fourth-order valence-electron chi connectivity index (χ4n) is 8.57. The van der Waals surface area contributed by atoms with E-state index in [-0.39, 0.29) is 12.1 Å². The minimum atomic E-state index is -0.120. The zero-order valence-corrected chi connectivity index (χ0v) is 21.0. The first-order chi connectivity index (χ1) is 14.6. The zero-order chi connectivity index (χ0) is 22.4. The Morgan fingerprint density at radius 2 is 1.90 bits per heavy atom. The first-order valence-electron chi connectivity index (χ1n) is 13.2. The molecule has 4 aliphatic carbocycles. The average Bonchev–Trinajstić information content (AvgIpc) is 3.05.